The van der Waals surface area contributed by atoms with Crippen LogP contribution in [0.4, 0.5) is 0 Å². The number of pyridine rings is 1. The summed E-state index contributed by atoms with van der Waals surface area (Å²) in [5, 5.41) is 9.24. The van der Waals surface area contributed by atoms with Crippen molar-refractivity contribution in [1.29, 1.82) is 5.26 Å². The molecule has 16 heavy (non-hydrogen) atoms. The maximum Gasteiger partial charge on any atom is 0.0891 e. The minimum Gasteiger partial charge on any atom is -0.255 e. The number of nitrogens with zero attached hydrogens (tertiary/aromatic N) is 2. The molecule has 2 aromatic rings. The number of hydrogen-bond acceptors (Lipinski definition) is 2. The summed E-state index contributed by atoms with van der Waals surface area (Å²) in [7, 11) is 0. The van der Waals surface area contributed by atoms with Gasteiger partial charge in [-0.15, -0.1) is 0 Å². The van der Waals surface area contributed by atoms with Crippen molar-refractivity contribution in [2.75, 3.05) is 0 Å². The Kier molecular flexibility index (Phi) is 3.19. The molecule has 0 fully saturated rings. The Hall–Kier alpha value is -1.85. The number of halogens is 1. The molecule has 2 rings (SSSR count). The normalized spacial score (nSPS) is 9.75. The number of hydrogen-bond donors (Lipinski definition) is 0. The number of nitriles is 1. The quantitative estimate of drug-likeness (QED) is 0.789. The van der Waals surface area contributed by atoms with Gasteiger partial charge in [-0.25, -0.2) is 0 Å². The zero-order valence-electron chi connectivity index (χ0n) is 8.52. The Balaban J connectivity index is 2.51. The molecule has 0 aliphatic carbocycles. The molecule has 0 aliphatic rings. The zero-order valence-corrected chi connectivity index (χ0v) is 9.28. The van der Waals surface area contributed by atoms with Gasteiger partial charge in [0.05, 0.1) is 23.2 Å². The van der Waals surface area contributed by atoms with Crippen molar-refractivity contribution in [3.8, 4) is 17.3 Å². The monoisotopic (exact) mass is 228 g/mol. The van der Waals surface area contributed by atoms with E-state index in [2.05, 4.69) is 11.1 Å². The summed E-state index contributed by atoms with van der Waals surface area (Å²) in [4.78, 5) is 4.25. The third-order valence-corrected chi connectivity index (χ3v) is 2.71. The fourth-order valence-electron chi connectivity index (χ4n) is 1.50. The van der Waals surface area contributed by atoms with Crippen LogP contribution in [0.2, 0.25) is 5.02 Å². The van der Waals surface area contributed by atoms with Crippen molar-refractivity contribution < 1.29 is 0 Å². The van der Waals surface area contributed by atoms with Crippen molar-refractivity contribution >= 4 is 11.6 Å². The predicted molar refractivity (Wildman–Crippen MR) is 64.0 cm³/mol. The highest BCUT2D eigenvalue weighted by Crippen LogP contribution is 2.28. The molecule has 0 radical (unpaired) electrons. The lowest BCUT2D eigenvalue weighted by Gasteiger charge is -2.06. The average Bonchev–Trinajstić information content (AvgIpc) is 2.33. The van der Waals surface area contributed by atoms with Crippen LogP contribution in [-0.4, -0.2) is 4.98 Å². The highest BCUT2D eigenvalue weighted by Gasteiger charge is 2.08. The van der Waals surface area contributed by atoms with Gasteiger partial charge in [0.15, 0.2) is 0 Å². The molecule has 0 bridgehead atoms. The van der Waals surface area contributed by atoms with Gasteiger partial charge < -0.3 is 0 Å². The third kappa shape index (κ3) is 2.05. The lowest BCUT2D eigenvalue weighted by atomic mass is 10.1. The van der Waals surface area contributed by atoms with E-state index in [0.29, 0.717) is 11.4 Å². The molecule has 1 aromatic heterocycles. The van der Waals surface area contributed by atoms with Gasteiger partial charge in [0.2, 0.25) is 0 Å². The van der Waals surface area contributed by atoms with Crippen LogP contribution in [0.15, 0.2) is 42.6 Å². The zero-order chi connectivity index (χ0) is 11.4. The van der Waals surface area contributed by atoms with E-state index in [-0.39, 0.29) is 0 Å². The molecule has 0 atom stereocenters. The van der Waals surface area contributed by atoms with Gasteiger partial charge in [-0.05, 0) is 11.6 Å². The van der Waals surface area contributed by atoms with Gasteiger partial charge >= 0.3 is 0 Å². The molecule has 78 valence electrons. The minimum atomic E-state index is 0.307. The second-order valence-corrected chi connectivity index (χ2v) is 3.71. The van der Waals surface area contributed by atoms with Crippen LogP contribution in [-0.2, 0) is 6.42 Å². The maximum absolute atomic E-state index is 8.68. The molecule has 1 aromatic carbocycles. The van der Waals surface area contributed by atoms with Gasteiger partial charge in [-0.3, -0.25) is 4.98 Å². The molecule has 0 aliphatic heterocycles. The molecule has 1 heterocycles. The molecule has 0 N–H and O–H groups in total. The Labute approximate surface area is 99.1 Å². The van der Waals surface area contributed by atoms with Gasteiger partial charge in [0.25, 0.3) is 0 Å². The molecule has 3 heteroatoms. The first-order valence-electron chi connectivity index (χ1n) is 4.88. The standard InChI is InChI=1S/C13H9ClN2/c14-12-10(6-8-15)7-9-16-13(12)11-4-2-1-3-5-11/h1-5,7,9H,6H2. The Morgan fingerprint density at radius 2 is 1.94 bits per heavy atom. The molecular weight excluding hydrogens is 220 g/mol. The third-order valence-electron chi connectivity index (χ3n) is 2.29. The van der Waals surface area contributed by atoms with Crippen LogP contribution in [0.25, 0.3) is 11.3 Å². The van der Waals surface area contributed by atoms with E-state index in [0.717, 1.165) is 16.8 Å². The van der Waals surface area contributed by atoms with Crippen LogP contribution >= 0.6 is 11.6 Å². The molecule has 0 unspecified atom stereocenters. The van der Waals surface area contributed by atoms with E-state index < -0.39 is 0 Å². The fraction of sp³-hybridized carbons (Fsp3) is 0.0769. The first-order chi connectivity index (χ1) is 7.83. The highest BCUT2D eigenvalue weighted by molar-refractivity contribution is 6.33. The molecule has 0 spiro atoms. The number of aromatic nitrogens is 1. The summed E-state index contributed by atoms with van der Waals surface area (Å²) in [5.74, 6) is 0. The first kappa shape index (κ1) is 10.7. The van der Waals surface area contributed by atoms with Gasteiger partial charge in [0, 0.05) is 11.8 Å². The molecule has 0 amide bonds. The van der Waals surface area contributed by atoms with E-state index in [1.807, 2.05) is 30.3 Å². The summed E-state index contributed by atoms with van der Waals surface area (Å²) < 4.78 is 0. The molecule has 0 saturated heterocycles. The van der Waals surface area contributed by atoms with E-state index in [1.54, 1.807) is 12.3 Å². The number of benzene rings is 1. The first-order valence-corrected chi connectivity index (χ1v) is 5.26. The molecule has 0 saturated carbocycles. The summed E-state index contributed by atoms with van der Waals surface area (Å²) in [6, 6.07) is 13.6. The minimum absolute atomic E-state index is 0.307. The summed E-state index contributed by atoms with van der Waals surface area (Å²) in [6.45, 7) is 0. The number of rotatable bonds is 2. The summed E-state index contributed by atoms with van der Waals surface area (Å²) in [6.07, 6.45) is 1.99. The van der Waals surface area contributed by atoms with Gasteiger partial charge in [-0.1, -0.05) is 41.9 Å². The van der Waals surface area contributed by atoms with Crippen molar-refractivity contribution in [3.05, 3.63) is 53.2 Å². The predicted octanol–water partition coefficient (Wildman–Crippen LogP) is 3.47. The molecular formula is C13H9ClN2. The topological polar surface area (TPSA) is 36.7 Å². The van der Waals surface area contributed by atoms with Crippen molar-refractivity contribution in [3.63, 3.8) is 0 Å². The second-order valence-electron chi connectivity index (χ2n) is 3.33. The van der Waals surface area contributed by atoms with E-state index in [1.165, 1.54) is 0 Å². The van der Waals surface area contributed by atoms with E-state index >= 15 is 0 Å². The fourth-order valence-corrected chi connectivity index (χ4v) is 1.79. The summed E-state index contributed by atoms with van der Waals surface area (Å²) >= 11 is 6.21. The Morgan fingerprint density at radius 3 is 2.62 bits per heavy atom. The van der Waals surface area contributed by atoms with E-state index in [4.69, 9.17) is 16.9 Å². The smallest absolute Gasteiger partial charge is 0.0891 e. The highest BCUT2D eigenvalue weighted by atomic mass is 35.5. The molecule has 2 nitrogen and oxygen atoms in total. The van der Waals surface area contributed by atoms with E-state index in [9.17, 15) is 0 Å². The maximum atomic E-state index is 8.68. The van der Waals surface area contributed by atoms with Crippen molar-refractivity contribution in [2.45, 2.75) is 6.42 Å². The SMILES string of the molecule is N#CCc1ccnc(-c2ccccc2)c1Cl. The van der Waals surface area contributed by atoms with Gasteiger partial charge in [0.1, 0.15) is 0 Å². The van der Waals surface area contributed by atoms with Crippen LogP contribution in [0.3, 0.4) is 0 Å². The largest absolute Gasteiger partial charge is 0.255 e. The Bertz CT molecular complexity index is 529. The lowest BCUT2D eigenvalue weighted by molar-refractivity contribution is 1.21. The van der Waals surface area contributed by atoms with Crippen molar-refractivity contribution in [1.82, 2.24) is 4.98 Å². The summed E-state index contributed by atoms with van der Waals surface area (Å²) in [5.41, 5.74) is 2.51. The average molecular weight is 229 g/mol. The van der Waals surface area contributed by atoms with Crippen molar-refractivity contribution in [2.24, 2.45) is 0 Å². The van der Waals surface area contributed by atoms with Crippen LogP contribution < -0.4 is 0 Å². The Morgan fingerprint density at radius 1 is 1.19 bits per heavy atom. The van der Waals surface area contributed by atoms with Crippen LogP contribution in [0, 0.1) is 11.3 Å². The van der Waals surface area contributed by atoms with Gasteiger partial charge in [-0.2, -0.15) is 5.26 Å². The lowest BCUT2D eigenvalue weighted by Crippen LogP contribution is -1.90. The second kappa shape index (κ2) is 4.78. The van der Waals surface area contributed by atoms with Crippen LogP contribution in [0.5, 0.6) is 0 Å². The van der Waals surface area contributed by atoms with Crippen LogP contribution in [0.1, 0.15) is 5.56 Å².